The van der Waals surface area contributed by atoms with Crippen molar-refractivity contribution in [2.45, 2.75) is 6.18 Å². The Bertz CT molecular complexity index is 551. The van der Waals surface area contributed by atoms with E-state index in [2.05, 4.69) is 41.9 Å². The van der Waals surface area contributed by atoms with Gasteiger partial charge < -0.3 is 0 Å². The highest BCUT2D eigenvalue weighted by molar-refractivity contribution is 9.11. The molecule has 2 rings (SSSR count). The molecule has 0 N–H and O–H groups in total. The molecule has 2 aromatic heterocycles. The lowest BCUT2D eigenvalue weighted by atomic mass is 10.3. The average molecular weight is 371 g/mol. The SMILES string of the molecule is FC(F)(F)c1cnn(-c2ncc(Br)cc2Br)c1. The Labute approximate surface area is 111 Å². The van der Waals surface area contributed by atoms with Gasteiger partial charge in [-0.05, 0) is 37.9 Å². The summed E-state index contributed by atoms with van der Waals surface area (Å²) in [6.45, 7) is 0. The van der Waals surface area contributed by atoms with Gasteiger partial charge in [-0.3, -0.25) is 0 Å². The van der Waals surface area contributed by atoms with E-state index in [0.717, 1.165) is 21.5 Å². The lowest BCUT2D eigenvalue weighted by Gasteiger charge is -2.04. The van der Waals surface area contributed by atoms with Crippen LogP contribution in [0.1, 0.15) is 5.56 Å². The predicted octanol–water partition coefficient (Wildman–Crippen LogP) is 3.81. The third-order valence-electron chi connectivity index (χ3n) is 1.92. The Balaban J connectivity index is 2.44. The molecule has 2 aromatic rings. The van der Waals surface area contributed by atoms with E-state index < -0.39 is 11.7 Å². The van der Waals surface area contributed by atoms with Crippen molar-refractivity contribution < 1.29 is 13.2 Å². The molecular weight excluding hydrogens is 367 g/mol. The van der Waals surface area contributed by atoms with Crippen molar-refractivity contribution in [1.82, 2.24) is 14.8 Å². The van der Waals surface area contributed by atoms with Crippen LogP contribution in [0.3, 0.4) is 0 Å². The van der Waals surface area contributed by atoms with Crippen LogP contribution in [0, 0.1) is 0 Å². The Morgan fingerprint density at radius 1 is 1.18 bits per heavy atom. The molecule has 0 saturated heterocycles. The molecule has 17 heavy (non-hydrogen) atoms. The van der Waals surface area contributed by atoms with Crippen molar-refractivity contribution in [3.8, 4) is 5.82 Å². The quantitative estimate of drug-likeness (QED) is 0.764. The van der Waals surface area contributed by atoms with Gasteiger partial charge in [-0.1, -0.05) is 0 Å². The Hall–Kier alpha value is -0.890. The van der Waals surface area contributed by atoms with E-state index in [1.165, 1.54) is 6.20 Å². The maximum atomic E-state index is 12.4. The number of alkyl halides is 3. The minimum atomic E-state index is -4.40. The first-order chi connectivity index (χ1) is 7.88. The maximum Gasteiger partial charge on any atom is 0.419 e. The fourth-order valence-corrected chi connectivity index (χ4v) is 2.33. The minimum absolute atomic E-state index is 0.295. The zero-order chi connectivity index (χ0) is 12.6. The summed E-state index contributed by atoms with van der Waals surface area (Å²) in [5.74, 6) is 0.295. The molecule has 0 aromatic carbocycles. The first kappa shape index (κ1) is 12.6. The molecule has 0 amide bonds. The van der Waals surface area contributed by atoms with Gasteiger partial charge in [0.05, 0.1) is 16.2 Å². The molecule has 8 heteroatoms. The second kappa shape index (κ2) is 4.41. The number of rotatable bonds is 1. The van der Waals surface area contributed by atoms with E-state index >= 15 is 0 Å². The number of nitrogens with zero attached hydrogens (tertiary/aromatic N) is 3. The first-order valence-corrected chi connectivity index (χ1v) is 5.90. The molecule has 2 heterocycles. The molecule has 0 spiro atoms. The number of halogens is 5. The van der Waals surface area contributed by atoms with Gasteiger partial charge in [0, 0.05) is 16.9 Å². The third kappa shape index (κ3) is 2.68. The molecular formula is C9H4Br2F3N3. The van der Waals surface area contributed by atoms with Gasteiger partial charge in [0.15, 0.2) is 5.82 Å². The van der Waals surface area contributed by atoms with E-state index in [4.69, 9.17) is 0 Å². The molecule has 0 aliphatic rings. The van der Waals surface area contributed by atoms with Crippen molar-refractivity contribution in [2.75, 3.05) is 0 Å². The van der Waals surface area contributed by atoms with Crippen LogP contribution >= 0.6 is 31.9 Å². The molecule has 0 fully saturated rings. The van der Waals surface area contributed by atoms with Crippen LogP contribution in [0.4, 0.5) is 13.2 Å². The van der Waals surface area contributed by atoms with Gasteiger partial charge in [-0.2, -0.15) is 18.3 Å². The van der Waals surface area contributed by atoms with E-state index in [1.54, 1.807) is 6.07 Å². The van der Waals surface area contributed by atoms with Crippen molar-refractivity contribution in [2.24, 2.45) is 0 Å². The second-order valence-corrected chi connectivity index (χ2v) is 4.90. The Morgan fingerprint density at radius 2 is 1.88 bits per heavy atom. The molecule has 0 unspecified atom stereocenters. The normalized spacial score (nSPS) is 11.8. The van der Waals surface area contributed by atoms with Crippen molar-refractivity contribution >= 4 is 31.9 Å². The second-order valence-electron chi connectivity index (χ2n) is 3.13. The van der Waals surface area contributed by atoms with E-state index in [1.807, 2.05) is 0 Å². The van der Waals surface area contributed by atoms with Crippen molar-refractivity contribution in [3.63, 3.8) is 0 Å². The van der Waals surface area contributed by atoms with Crippen LogP contribution in [0.25, 0.3) is 5.82 Å². The summed E-state index contributed by atoms with van der Waals surface area (Å²) in [6, 6.07) is 1.68. The van der Waals surface area contributed by atoms with Gasteiger partial charge in [0.25, 0.3) is 0 Å². The standard InChI is InChI=1S/C9H4Br2F3N3/c10-6-1-7(11)8(15-3-6)17-4-5(2-16-17)9(12,13)14/h1-4H. The van der Waals surface area contributed by atoms with Crippen LogP contribution in [0.15, 0.2) is 33.6 Å². The third-order valence-corrected chi connectivity index (χ3v) is 2.93. The molecule has 0 aliphatic carbocycles. The number of hydrogen-bond acceptors (Lipinski definition) is 2. The summed E-state index contributed by atoms with van der Waals surface area (Å²) >= 11 is 6.41. The highest BCUT2D eigenvalue weighted by atomic mass is 79.9. The van der Waals surface area contributed by atoms with Gasteiger partial charge in [-0.25, -0.2) is 9.67 Å². The smallest absolute Gasteiger partial charge is 0.235 e. The molecule has 0 saturated carbocycles. The fraction of sp³-hybridized carbons (Fsp3) is 0.111. The molecule has 0 aliphatic heterocycles. The van der Waals surface area contributed by atoms with Crippen molar-refractivity contribution in [3.05, 3.63) is 39.2 Å². The van der Waals surface area contributed by atoms with E-state index in [0.29, 0.717) is 10.3 Å². The lowest BCUT2D eigenvalue weighted by Crippen LogP contribution is -2.03. The Kier molecular flexibility index (Phi) is 3.26. The number of pyridine rings is 1. The predicted molar refractivity (Wildman–Crippen MR) is 61.8 cm³/mol. The van der Waals surface area contributed by atoms with Crippen molar-refractivity contribution in [1.29, 1.82) is 0 Å². The molecule has 0 radical (unpaired) electrons. The topological polar surface area (TPSA) is 30.7 Å². The van der Waals surface area contributed by atoms with Crippen LogP contribution in [-0.2, 0) is 6.18 Å². The average Bonchev–Trinajstić information content (AvgIpc) is 2.65. The summed E-state index contributed by atoms with van der Waals surface area (Å²) in [4.78, 5) is 3.98. The molecule has 0 atom stereocenters. The maximum absolute atomic E-state index is 12.4. The molecule has 0 bridgehead atoms. The van der Waals surface area contributed by atoms with Crippen LogP contribution in [0.5, 0.6) is 0 Å². The lowest BCUT2D eigenvalue weighted by molar-refractivity contribution is -0.137. The van der Waals surface area contributed by atoms with E-state index in [9.17, 15) is 13.2 Å². The summed E-state index contributed by atoms with van der Waals surface area (Å²) < 4.78 is 39.5. The highest BCUT2D eigenvalue weighted by Crippen LogP contribution is 2.30. The largest absolute Gasteiger partial charge is 0.419 e. The summed E-state index contributed by atoms with van der Waals surface area (Å²) in [7, 11) is 0. The van der Waals surface area contributed by atoms with Gasteiger partial charge in [0.1, 0.15) is 0 Å². The molecule has 90 valence electrons. The highest BCUT2D eigenvalue weighted by Gasteiger charge is 2.32. The van der Waals surface area contributed by atoms with Gasteiger partial charge >= 0.3 is 6.18 Å². The number of aromatic nitrogens is 3. The minimum Gasteiger partial charge on any atom is -0.235 e. The zero-order valence-corrected chi connectivity index (χ0v) is 11.2. The molecule has 3 nitrogen and oxygen atoms in total. The monoisotopic (exact) mass is 369 g/mol. The first-order valence-electron chi connectivity index (χ1n) is 4.31. The summed E-state index contributed by atoms with van der Waals surface area (Å²) in [5.41, 5.74) is -0.811. The van der Waals surface area contributed by atoms with Crippen LogP contribution in [-0.4, -0.2) is 14.8 Å². The Morgan fingerprint density at radius 3 is 2.41 bits per heavy atom. The summed E-state index contributed by atoms with van der Waals surface area (Å²) in [6.07, 6.45) is -1.27. The summed E-state index contributed by atoms with van der Waals surface area (Å²) in [5, 5.41) is 3.63. The zero-order valence-electron chi connectivity index (χ0n) is 8.04. The van der Waals surface area contributed by atoms with Crippen LogP contribution in [0.2, 0.25) is 0 Å². The fourth-order valence-electron chi connectivity index (χ4n) is 1.16. The van der Waals surface area contributed by atoms with Crippen LogP contribution < -0.4 is 0 Å². The van der Waals surface area contributed by atoms with Gasteiger partial charge in [-0.15, -0.1) is 0 Å². The van der Waals surface area contributed by atoms with E-state index in [-0.39, 0.29) is 0 Å². The number of hydrogen-bond donors (Lipinski definition) is 0. The van der Waals surface area contributed by atoms with Gasteiger partial charge in [0.2, 0.25) is 0 Å².